The number of aryl methyl sites for hydroxylation is 1. The van der Waals surface area contributed by atoms with Crippen molar-refractivity contribution in [2.75, 3.05) is 13.2 Å². The van der Waals surface area contributed by atoms with Gasteiger partial charge in [0.15, 0.2) is 5.82 Å². The molecule has 0 spiro atoms. The third-order valence-corrected chi connectivity index (χ3v) is 6.32. The van der Waals surface area contributed by atoms with Crippen LogP contribution in [0.1, 0.15) is 68.6 Å². The van der Waals surface area contributed by atoms with E-state index in [2.05, 4.69) is 45.3 Å². The van der Waals surface area contributed by atoms with Crippen LogP contribution < -0.4 is 5.56 Å². The molecular weight excluding hydrogens is 392 g/mol. The molecule has 0 aliphatic heterocycles. The third kappa shape index (κ3) is 4.55. The van der Waals surface area contributed by atoms with Gasteiger partial charge in [-0.25, -0.2) is 4.68 Å². The van der Waals surface area contributed by atoms with Crippen LogP contribution in [0.3, 0.4) is 0 Å². The van der Waals surface area contributed by atoms with Gasteiger partial charge in [-0.2, -0.15) is 0 Å². The first kappa shape index (κ1) is 21.6. The molecule has 1 fully saturated rings. The topological polar surface area (TPSA) is 99.9 Å². The zero-order chi connectivity index (χ0) is 22.0. The minimum absolute atomic E-state index is 0.00118. The number of tetrazole rings is 1. The van der Waals surface area contributed by atoms with Gasteiger partial charge in [0.2, 0.25) is 0 Å². The van der Waals surface area contributed by atoms with Crippen molar-refractivity contribution in [1.82, 2.24) is 30.1 Å². The fourth-order valence-electron chi connectivity index (χ4n) is 4.84. The molecule has 4 rings (SSSR count). The Morgan fingerprint density at radius 2 is 2.03 bits per heavy atom. The Morgan fingerprint density at radius 3 is 2.74 bits per heavy atom. The molecular formula is C23H32N6O2. The number of nitrogens with one attached hydrogen (secondary N) is 1. The van der Waals surface area contributed by atoms with Gasteiger partial charge < -0.3 is 10.1 Å². The van der Waals surface area contributed by atoms with Crippen molar-refractivity contribution in [1.29, 1.82) is 0 Å². The largest absolute Gasteiger partial charge is 0.395 e. The first-order chi connectivity index (χ1) is 15.0. The maximum absolute atomic E-state index is 12.8. The van der Waals surface area contributed by atoms with Gasteiger partial charge in [-0.3, -0.25) is 9.69 Å². The van der Waals surface area contributed by atoms with Crippen molar-refractivity contribution in [3.8, 4) is 0 Å². The molecule has 166 valence electrons. The third-order valence-electron chi connectivity index (χ3n) is 6.32. The van der Waals surface area contributed by atoms with Gasteiger partial charge in [0.25, 0.3) is 5.56 Å². The Bertz CT molecular complexity index is 1080. The van der Waals surface area contributed by atoms with Crippen molar-refractivity contribution >= 4 is 10.9 Å². The first-order valence-electron chi connectivity index (χ1n) is 11.2. The molecule has 31 heavy (non-hydrogen) atoms. The van der Waals surface area contributed by atoms with Crippen LogP contribution in [-0.2, 0) is 6.54 Å². The van der Waals surface area contributed by atoms with Gasteiger partial charge in [-0.05, 0) is 59.7 Å². The Kier molecular flexibility index (Phi) is 6.48. The maximum atomic E-state index is 12.8. The number of fused-ring (bicyclic) bond motifs is 1. The van der Waals surface area contributed by atoms with E-state index in [-0.39, 0.29) is 24.1 Å². The molecule has 0 amide bonds. The highest BCUT2D eigenvalue weighted by molar-refractivity contribution is 5.79. The number of aromatic nitrogens is 5. The average molecular weight is 425 g/mol. The van der Waals surface area contributed by atoms with Crippen molar-refractivity contribution in [2.24, 2.45) is 5.92 Å². The molecule has 2 N–H and O–H groups in total. The van der Waals surface area contributed by atoms with E-state index in [1.807, 2.05) is 29.8 Å². The summed E-state index contributed by atoms with van der Waals surface area (Å²) in [5, 5.41) is 23.5. The van der Waals surface area contributed by atoms with E-state index in [0.29, 0.717) is 24.7 Å². The van der Waals surface area contributed by atoms with Crippen LogP contribution in [0, 0.1) is 12.8 Å². The summed E-state index contributed by atoms with van der Waals surface area (Å²) in [5.41, 5.74) is 2.56. The lowest BCUT2D eigenvalue weighted by molar-refractivity contribution is 0.104. The standard InChI is InChI=1S/C23H32N6O2/c1-15(2)21(22-25-26-27-29(22)19-6-4-5-7-19)28(10-11-30)14-18-13-17-12-16(3)8-9-20(17)24-23(18)31/h8-9,12-13,15,19,21,30H,4-7,10-11,14H2,1-3H3,(H,24,31). The quantitative estimate of drug-likeness (QED) is 0.576. The molecule has 1 unspecified atom stereocenters. The number of nitrogens with zero attached hydrogens (tertiary/aromatic N) is 5. The summed E-state index contributed by atoms with van der Waals surface area (Å²) in [5.74, 6) is 1.03. The SMILES string of the molecule is Cc1ccc2[nH]c(=O)c(CN(CCO)C(c3nnnn3C3CCCC3)C(C)C)cc2c1. The van der Waals surface area contributed by atoms with Crippen LogP contribution in [0.15, 0.2) is 29.1 Å². The number of hydrogen-bond acceptors (Lipinski definition) is 6. The van der Waals surface area contributed by atoms with Crippen LogP contribution in [0.25, 0.3) is 10.9 Å². The van der Waals surface area contributed by atoms with E-state index in [0.717, 1.165) is 35.1 Å². The molecule has 0 saturated heterocycles. The summed E-state index contributed by atoms with van der Waals surface area (Å²) < 4.78 is 1.98. The molecule has 1 atom stereocenters. The summed E-state index contributed by atoms with van der Waals surface area (Å²) in [4.78, 5) is 18.0. The highest BCUT2D eigenvalue weighted by Crippen LogP contribution is 2.34. The van der Waals surface area contributed by atoms with E-state index < -0.39 is 0 Å². The summed E-state index contributed by atoms with van der Waals surface area (Å²) in [6, 6.07) is 8.20. The van der Waals surface area contributed by atoms with E-state index in [1.165, 1.54) is 12.8 Å². The molecule has 2 heterocycles. The van der Waals surface area contributed by atoms with Crippen molar-refractivity contribution in [3.63, 3.8) is 0 Å². The number of aromatic amines is 1. The van der Waals surface area contributed by atoms with Crippen LogP contribution >= 0.6 is 0 Å². The number of hydrogen-bond donors (Lipinski definition) is 2. The number of aliphatic hydroxyl groups excluding tert-OH is 1. The molecule has 1 saturated carbocycles. The fraction of sp³-hybridized carbons (Fsp3) is 0.565. The van der Waals surface area contributed by atoms with E-state index >= 15 is 0 Å². The average Bonchev–Trinajstić information content (AvgIpc) is 3.40. The van der Waals surface area contributed by atoms with Gasteiger partial charge >= 0.3 is 0 Å². The minimum atomic E-state index is -0.102. The molecule has 1 aliphatic rings. The molecule has 8 nitrogen and oxygen atoms in total. The highest BCUT2D eigenvalue weighted by Gasteiger charge is 2.32. The van der Waals surface area contributed by atoms with Crippen molar-refractivity contribution in [2.45, 2.75) is 65.1 Å². The molecule has 1 aromatic carbocycles. The summed E-state index contributed by atoms with van der Waals surface area (Å²) in [7, 11) is 0. The van der Waals surface area contributed by atoms with Crippen LogP contribution in [0.4, 0.5) is 0 Å². The molecule has 0 bridgehead atoms. The number of H-pyrrole nitrogens is 1. The Hall–Kier alpha value is -2.58. The van der Waals surface area contributed by atoms with E-state index in [9.17, 15) is 9.90 Å². The Balaban J connectivity index is 1.70. The zero-order valence-electron chi connectivity index (χ0n) is 18.6. The van der Waals surface area contributed by atoms with Gasteiger partial charge in [0.05, 0.1) is 18.7 Å². The minimum Gasteiger partial charge on any atom is -0.395 e. The van der Waals surface area contributed by atoms with E-state index in [1.54, 1.807) is 0 Å². The first-order valence-corrected chi connectivity index (χ1v) is 11.2. The number of benzene rings is 1. The second-order valence-electron chi connectivity index (χ2n) is 9.02. The van der Waals surface area contributed by atoms with Crippen LogP contribution in [0.5, 0.6) is 0 Å². The molecule has 1 aliphatic carbocycles. The molecule has 3 aromatic rings. The molecule has 0 radical (unpaired) electrons. The predicted octanol–water partition coefficient (Wildman–Crippen LogP) is 3.13. The molecule has 8 heteroatoms. The van der Waals surface area contributed by atoms with E-state index in [4.69, 9.17) is 0 Å². The van der Waals surface area contributed by atoms with Gasteiger partial charge in [0, 0.05) is 24.2 Å². The summed E-state index contributed by atoms with van der Waals surface area (Å²) >= 11 is 0. The Morgan fingerprint density at radius 1 is 1.26 bits per heavy atom. The van der Waals surface area contributed by atoms with Crippen LogP contribution in [-0.4, -0.2) is 48.3 Å². The van der Waals surface area contributed by atoms with Gasteiger partial charge in [-0.15, -0.1) is 5.10 Å². The van der Waals surface area contributed by atoms with Crippen molar-refractivity contribution in [3.05, 3.63) is 51.6 Å². The van der Waals surface area contributed by atoms with Gasteiger partial charge in [-0.1, -0.05) is 38.3 Å². The maximum Gasteiger partial charge on any atom is 0.252 e. The highest BCUT2D eigenvalue weighted by atomic mass is 16.3. The number of rotatable bonds is 8. The fourth-order valence-corrected chi connectivity index (χ4v) is 4.84. The van der Waals surface area contributed by atoms with Crippen LogP contribution in [0.2, 0.25) is 0 Å². The number of pyridine rings is 1. The lowest BCUT2D eigenvalue weighted by Gasteiger charge is -2.33. The second-order valence-corrected chi connectivity index (χ2v) is 9.02. The Labute approximate surface area is 182 Å². The van der Waals surface area contributed by atoms with Crippen molar-refractivity contribution < 1.29 is 5.11 Å². The summed E-state index contributed by atoms with van der Waals surface area (Å²) in [6.07, 6.45) is 4.57. The summed E-state index contributed by atoms with van der Waals surface area (Å²) in [6.45, 7) is 7.16. The van der Waals surface area contributed by atoms with Gasteiger partial charge in [0.1, 0.15) is 0 Å². The zero-order valence-corrected chi connectivity index (χ0v) is 18.6. The lowest BCUT2D eigenvalue weighted by Crippen LogP contribution is -2.37. The second kappa shape index (κ2) is 9.28. The molecule has 2 aromatic heterocycles. The lowest BCUT2D eigenvalue weighted by atomic mass is 10.00. The number of aliphatic hydroxyl groups is 1. The predicted molar refractivity (Wildman–Crippen MR) is 120 cm³/mol. The monoisotopic (exact) mass is 424 g/mol. The smallest absolute Gasteiger partial charge is 0.252 e. The normalized spacial score (nSPS) is 16.1.